The fourth-order valence-corrected chi connectivity index (χ4v) is 1.92. The van der Waals surface area contributed by atoms with E-state index in [1.807, 2.05) is 11.8 Å². The van der Waals surface area contributed by atoms with Gasteiger partial charge in [-0.3, -0.25) is 4.90 Å². The highest BCUT2D eigenvalue weighted by Gasteiger charge is 2.03. The Morgan fingerprint density at radius 3 is 2.73 bits per heavy atom. The third-order valence-corrected chi connectivity index (χ3v) is 3.10. The van der Waals surface area contributed by atoms with E-state index < -0.39 is 0 Å². The van der Waals surface area contributed by atoms with Gasteiger partial charge in [0.1, 0.15) is 0 Å². The van der Waals surface area contributed by atoms with Crippen LogP contribution in [0.3, 0.4) is 0 Å². The largest absolute Gasteiger partial charge is 0.383 e. The SMILES string of the molecule is CCSCCCN(CCC#N)CCOC. The van der Waals surface area contributed by atoms with Gasteiger partial charge in [0.15, 0.2) is 0 Å². The number of ether oxygens (including phenoxy) is 1. The molecule has 15 heavy (non-hydrogen) atoms. The second-order valence-corrected chi connectivity index (χ2v) is 4.69. The maximum Gasteiger partial charge on any atom is 0.0635 e. The highest BCUT2D eigenvalue weighted by atomic mass is 32.2. The summed E-state index contributed by atoms with van der Waals surface area (Å²) < 4.78 is 5.05. The van der Waals surface area contributed by atoms with Gasteiger partial charge < -0.3 is 4.74 Å². The van der Waals surface area contributed by atoms with Crippen LogP contribution < -0.4 is 0 Å². The maximum atomic E-state index is 8.54. The van der Waals surface area contributed by atoms with Crippen molar-refractivity contribution in [2.24, 2.45) is 0 Å². The van der Waals surface area contributed by atoms with Gasteiger partial charge in [0.2, 0.25) is 0 Å². The van der Waals surface area contributed by atoms with Crippen molar-refractivity contribution >= 4 is 11.8 Å². The van der Waals surface area contributed by atoms with Crippen molar-refractivity contribution in [2.75, 3.05) is 44.9 Å². The molecule has 0 spiro atoms. The molecule has 0 heterocycles. The molecule has 4 heteroatoms. The number of rotatable bonds is 10. The second-order valence-electron chi connectivity index (χ2n) is 3.29. The summed E-state index contributed by atoms with van der Waals surface area (Å²) in [6, 6.07) is 2.19. The Bertz CT molecular complexity index is 170. The predicted molar refractivity (Wildman–Crippen MR) is 66.2 cm³/mol. The van der Waals surface area contributed by atoms with Gasteiger partial charge in [0, 0.05) is 26.6 Å². The fourth-order valence-electron chi connectivity index (χ4n) is 1.30. The van der Waals surface area contributed by atoms with E-state index in [0.717, 1.165) is 26.2 Å². The second kappa shape index (κ2) is 11.8. The van der Waals surface area contributed by atoms with Crippen molar-refractivity contribution in [3.8, 4) is 6.07 Å². The zero-order valence-electron chi connectivity index (χ0n) is 9.87. The molecule has 3 nitrogen and oxygen atoms in total. The number of thioether (sulfide) groups is 1. The van der Waals surface area contributed by atoms with E-state index in [0.29, 0.717) is 6.42 Å². The molecule has 0 rings (SSSR count). The molecule has 0 aliphatic heterocycles. The number of hydrogen-bond acceptors (Lipinski definition) is 4. The van der Waals surface area contributed by atoms with Gasteiger partial charge >= 0.3 is 0 Å². The first-order valence-electron chi connectivity index (χ1n) is 5.51. The van der Waals surface area contributed by atoms with Crippen LogP contribution in [0.1, 0.15) is 19.8 Å². The molecule has 0 aromatic carbocycles. The van der Waals surface area contributed by atoms with Crippen molar-refractivity contribution in [2.45, 2.75) is 19.8 Å². The summed E-state index contributed by atoms with van der Waals surface area (Å²) >= 11 is 1.97. The van der Waals surface area contributed by atoms with Crippen LogP contribution in [0.4, 0.5) is 0 Å². The van der Waals surface area contributed by atoms with Gasteiger partial charge in [0.05, 0.1) is 12.7 Å². The molecule has 88 valence electrons. The van der Waals surface area contributed by atoms with Gasteiger partial charge in [-0.15, -0.1) is 0 Å². The average Bonchev–Trinajstić information content (AvgIpc) is 2.27. The zero-order valence-corrected chi connectivity index (χ0v) is 10.7. The molecular weight excluding hydrogens is 208 g/mol. The number of nitriles is 1. The highest BCUT2D eigenvalue weighted by Crippen LogP contribution is 2.02. The fraction of sp³-hybridized carbons (Fsp3) is 0.909. The van der Waals surface area contributed by atoms with E-state index in [4.69, 9.17) is 10.00 Å². The Hall–Kier alpha value is -0.240. The number of hydrogen-bond donors (Lipinski definition) is 0. The average molecular weight is 230 g/mol. The van der Waals surface area contributed by atoms with Gasteiger partial charge in [-0.05, 0) is 24.5 Å². The molecule has 0 atom stereocenters. The smallest absolute Gasteiger partial charge is 0.0635 e. The van der Waals surface area contributed by atoms with Crippen LogP contribution >= 0.6 is 11.8 Å². The minimum atomic E-state index is 0.616. The lowest BCUT2D eigenvalue weighted by molar-refractivity contribution is 0.149. The molecule has 0 aromatic rings. The summed E-state index contributed by atoms with van der Waals surface area (Å²) in [6.45, 7) is 5.83. The molecule has 0 saturated carbocycles. The van der Waals surface area contributed by atoms with Crippen molar-refractivity contribution in [3.05, 3.63) is 0 Å². The van der Waals surface area contributed by atoms with E-state index in [2.05, 4.69) is 17.9 Å². The Labute approximate surface area is 97.8 Å². The number of methoxy groups -OCH3 is 1. The summed E-state index contributed by atoms with van der Waals surface area (Å²) in [7, 11) is 1.72. The molecular formula is C11H22N2OS. The standard InChI is InChI=1S/C11H22N2OS/c1-3-15-11-5-8-13(7-4-6-12)9-10-14-2/h3-5,7-11H2,1-2H3. The van der Waals surface area contributed by atoms with Gasteiger partial charge in [-0.2, -0.15) is 17.0 Å². The van der Waals surface area contributed by atoms with E-state index in [1.165, 1.54) is 17.9 Å². The van der Waals surface area contributed by atoms with Crippen LogP contribution in [-0.4, -0.2) is 49.8 Å². The first-order chi connectivity index (χ1) is 7.35. The van der Waals surface area contributed by atoms with E-state index >= 15 is 0 Å². The maximum absolute atomic E-state index is 8.54. The van der Waals surface area contributed by atoms with Crippen molar-refractivity contribution < 1.29 is 4.74 Å². The van der Waals surface area contributed by atoms with Crippen molar-refractivity contribution in [1.29, 1.82) is 5.26 Å². The van der Waals surface area contributed by atoms with E-state index in [9.17, 15) is 0 Å². The first-order valence-corrected chi connectivity index (χ1v) is 6.66. The van der Waals surface area contributed by atoms with Crippen LogP contribution in [0.15, 0.2) is 0 Å². The van der Waals surface area contributed by atoms with E-state index in [1.54, 1.807) is 7.11 Å². The molecule has 0 radical (unpaired) electrons. The summed E-state index contributed by atoms with van der Waals surface area (Å²) in [5.74, 6) is 2.41. The van der Waals surface area contributed by atoms with Gasteiger partial charge in [-0.1, -0.05) is 6.92 Å². The molecule has 0 saturated heterocycles. The van der Waals surface area contributed by atoms with Crippen LogP contribution in [0.5, 0.6) is 0 Å². The molecule has 0 aliphatic rings. The van der Waals surface area contributed by atoms with Crippen molar-refractivity contribution in [3.63, 3.8) is 0 Å². The van der Waals surface area contributed by atoms with Crippen LogP contribution in [0, 0.1) is 11.3 Å². The van der Waals surface area contributed by atoms with E-state index in [-0.39, 0.29) is 0 Å². The molecule has 0 unspecified atom stereocenters. The lowest BCUT2D eigenvalue weighted by Crippen LogP contribution is -2.29. The third-order valence-electron chi connectivity index (χ3n) is 2.12. The molecule has 0 fully saturated rings. The minimum absolute atomic E-state index is 0.616. The Morgan fingerprint density at radius 2 is 2.13 bits per heavy atom. The molecule has 0 amide bonds. The van der Waals surface area contributed by atoms with Crippen LogP contribution in [0.25, 0.3) is 0 Å². The Kier molecular flexibility index (Phi) is 11.6. The Morgan fingerprint density at radius 1 is 1.33 bits per heavy atom. The summed E-state index contributed by atoms with van der Waals surface area (Å²) in [6.07, 6.45) is 1.82. The molecule has 0 aliphatic carbocycles. The molecule has 0 N–H and O–H groups in total. The normalized spacial score (nSPS) is 10.5. The quantitative estimate of drug-likeness (QED) is 0.538. The van der Waals surface area contributed by atoms with Gasteiger partial charge in [0.25, 0.3) is 0 Å². The summed E-state index contributed by atoms with van der Waals surface area (Å²) in [5.41, 5.74) is 0. The first kappa shape index (κ1) is 14.8. The molecule has 0 aromatic heterocycles. The topological polar surface area (TPSA) is 36.3 Å². The lowest BCUT2D eigenvalue weighted by Gasteiger charge is -2.20. The molecule has 0 bridgehead atoms. The Balaban J connectivity index is 3.55. The van der Waals surface area contributed by atoms with Gasteiger partial charge in [-0.25, -0.2) is 0 Å². The lowest BCUT2D eigenvalue weighted by atomic mass is 10.3. The predicted octanol–water partition coefficient (Wildman–Crippen LogP) is 1.99. The van der Waals surface area contributed by atoms with Crippen molar-refractivity contribution in [1.82, 2.24) is 4.90 Å². The summed E-state index contributed by atoms with van der Waals surface area (Å²) in [5, 5.41) is 8.54. The third kappa shape index (κ3) is 10.1. The monoisotopic (exact) mass is 230 g/mol. The minimum Gasteiger partial charge on any atom is -0.383 e. The highest BCUT2D eigenvalue weighted by molar-refractivity contribution is 7.99. The van der Waals surface area contributed by atoms with Crippen LogP contribution in [-0.2, 0) is 4.74 Å². The van der Waals surface area contributed by atoms with Crippen LogP contribution in [0.2, 0.25) is 0 Å². The zero-order chi connectivity index (χ0) is 11.4. The summed E-state index contributed by atoms with van der Waals surface area (Å²) in [4.78, 5) is 2.31. The number of nitrogens with zero attached hydrogens (tertiary/aromatic N) is 2.